The molecule has 1 aliphatic heterocycles. The minimum Gasteiger partial charge on any atom is -0.392 e. The van der Waals surface area contributed by atoms with Gasteiger partial charge in [-0.15, -0.1) is 0 Å². The molecular formula is C11H22O3Si. The Kier molecular flexibility index (Phi) is 4.19. The van der Waals surface area contributed by atoms with Crippen molar-refractivity contribution in [2.24, 2.45) is 0 Å². The molecule has 0 unspecified atom stereocenters. The molecule has 2 aliphatic rings. The Labute approximate surface area is 93.3 Å². The molecule has 1 saturated heterocycles. The molecule has 0 N–H and O–H groups in total. The lowest BCUT2D eigenvalue weighted by Crippen LogP contribution is -2.47. The molecule has 0 bridgehead atoms. The Bertz CT molecular complexity index is 184. The topological polar surface area (TPSA) is 27.7 Å². The van der Waals surface area contributed by atoms with Gasteiger partial charge in [0.2, 0.25) is 0 Å². The van der Waals surface area contributed by atoms with Gasteiger partial charge in [0.05, 0.1) is 26.4 Å². The van der Waals surface area contributed by atoms with Crippen molar-refractivity contribution < 1.29 is 13.6 Å². The Morgan fingerprint density at radius 1 is 0.867 bits per heavy atom. The highest BCUT2D eigenvalue weighted by Crippen LogP contribution is 2.38. The number of hydrogen-bond donors (Lipinski definition) is 0. The maximum absolute atomic E-state index is 6.00. The van der Waals surface area contributed by atoms with Crippen LogP contribution in [-0.2, 0) is 13.6 Å². The maximum atomic E-state index is 6.00. The van der Waals surface area contributed by atoms with Gasteiger partial charge in [-0.2, -0.15) is 0 Å². The first-order valence-corrected chi connectivity index (χ1v) is 8.56. The zero-order chi connectivity index (χ0) is 10.6. The summed E-state index contributed by atoms with van der Waals surface area (Å²) < 4.78 is 17.3. The summed E-state index contributed by atoms with van der Waals surface area (Å²) >= 11 is 0. The van der Waals surface area contributed by atoms with Crippen LogP contribution in [0.15, 0.2) is 0 Å². The van der Waals surface area contributed by atoms with Crippen LogP contribution in [0.5, 0.6) is 0 Å². The average Bonchev–Trinajstić information content (AvgIpc) is 2.25. The van der Waals surface area contributed by atoms with Crippen molar-refractivity contribution in [3.05, 3.63) is 0 Å². The fourth-order valence-corrected chi connectivity index (χ4v) is 5.60. The van der Waals surface area contributed by atoms with Crippen molar-refractivity contribution in [2.45, 2.75) is 44.2 Å². The van der Waals surface area contributed by atoms with Crippen LogP contribution < -0.4 is 0 Å². The molecule has 0 atom stereocenters. The van der Waals surface area contributed by atoms with Crippen LogP contribution in [0.2, 0.25) is 12.1 Å². The van der Waals surface area contributed by atoms with Crippen LogP contribution in [0.25, 0.3) is 0 Å². The Balaban J connectivity index is 1.94. The average molecular weight is 230 g/mol. The quantitative estimate of drug-likeness (QED) is 0.648. The van der Waals surface area contributed by atoms with Crippen molar-refractivity contribution in [1.29, 1.82) is 0 Å². The van der Waals surface area contributed by atoms with Crippen molar-refractivity contribution in [1.82, 2.24) is 0 Å². The van der Waals surface area contributed by atoms with Crippen molar-refractivity contribution >= 4 is 8.56 Å². The second kappa shape index (κ2) is 5.43. The summed E-state index contributed by atoms with van der Waals surface area (Å²) in [5, 5.41) is 0. The zero-order valence-corrected chi connectivity index (χ0v) is 10.7. The zero-order valence-electron chi connectivity index (χ0n) is 9.67. The smallest absolute Gasteiger partial charge is 0.338 e. The molecule has 0 radical (unpaired) electrons. The van der Waals surface area contributed by atoms with E-state index >= 15 is 0 Å². The normalized spacial score (nSPS) is 29.4. The van der Waals surface area contributed by atoms with Gasteiger partial charge < -0.3 is 13.6 Å². The molecule has 1 saturated carbocycles. The first-order chi connectivity index (χ1) is 7.31. The van der Waals surface area contributed by atoms with Gasteiger partial charge in [0.25, 0.3) is 0 Å². The molecule has 0 amide bonds. The fourth-order valence-electron chi connectivity index (χ4n) is 2.61. The van der Waals surface area contributed by atoms with E-state index in [1.165, 1.54) is 32.1 Å². The van der Waals surface area contributed by atoms with Gasteiger partial charge in [0, 0.05) is 5.54 Å². The lowest BCUT2D eigenvalue weighted by atomic mass is 10.0. The third-order valence-electron chi connectivity index (χ3n) is 3.58. The summed E-state index contributed by atoms with van der Waals surface area (Å²) in [7, 11) is -1.90. The highest BCUT2D eigenvalue weighted by atomic mass is 28.4. The van der Waals surface area contributed by atoms with Gasteiger partial charge in [-0.05, 0) is 19.4 Å². The van der Waals surface area contributed by atoms with Crippen LogP contribution in [0.1, 0.15) is 32.1 Å². The number of rotatable bonds is 1. The van der Waals surface area contributed by atoms with E-state index in [-0.39, 0.29) is 0 Å². The van der Waals surface area contributed by atoms with Crippen LogP contribution in [0, 0.1) is 0 Å². The van der Waals surface area contributed by atoms with Gasteiger partial charge in [-0.25, -0.2) is 0 Å². The second-order valence-electron chi connectivity index (χ2n) is 4.66. The van der Waals surface area contributed by atoms with E-state index in [9.17, 15) is 0 Å². The molecule has 2 rings (SSSR count). The summed E-state index contributed by atoms with van der Waals surface area (Å²) in [6.45, 7) is 5.16. The van der Waals surface area contributed by atoms with E-state index in [4.69, 9.17) is 13.6 Å². The summed E-state index contributed by atoms with van der Waals surface area (Å²) in [4.78, 5) is 0. The molecule has 88 valence electrons. The van der Waals surface area contributed by atoms with Crippen molar-refractivity contribution in [3.8, 4) is 0 Å². The van der Waals surface area contributed by atoms with Crippen molar-refractivity contribution in [3.63, 3.8) is 0 Å². The molecule has 0 aromatic carbocycles. The van der Waals surface area contributed by atoms with Gasteiger partial charge in [-0.3, -0.25) is 0 Å². The molecule has 1 heterocycles. The van der Waals surface area contributed by atoms with Crippen LogP contribution >= 0.6 is 0 Å². The van der Waals surface area contributed by atoms with Crippen LogP contribution in [0.4, 0.5) is 0 Å². The highest BCUT2D eigenvalue weighted by molar-refractivity contribution is 6.67. The molecule has 0 aromatic heterocycles. The molecular weight excluding hydrogens is 208 g/mol. The SMILES string of the molecule is C[Si]1(C2CCCCC2)OCCOCCO1. The molecule has 2 fully saturated rings. The standard InChI is InChI=1S/C11H22O3Si/c1-15(11-5-3-2-4-6-11)13-9-7-12-8-10-14-15/h11H,2-10H2,1H3. The first-order valence-electron chi connectivity index (χ1n) is 6.17. The molecule has 0 aromatic rings. The summed E-state index contributed by atoms with van der Waals surface area (Å²) in [5.41, 5.74) is 0.712. The second-order valence-corrected chi connectivity index (χ2v) is 8.09. The Morgan fingerprint density at radius 3 is 2.07 bits per heavy atom. The van der Waals surface area contributed by atoms with Crippen LogP contribution in [0.3, 0.4) is 0 Å². The van der Waals surface area contributed by atoms with Gasteiger partial charge >= 0.3 is 8.56 Å². The first kappa shape index (κ1) is 11.6. The van der Waals surface area contributed by atoms with Crippen LogP contribution in [-0.4, -0.2) is 35.0 Å². The molecule has 15 heavy (non-hydrogen) atoms. The lowest BCUT2D eigenvalue weighted by molar-refractivity contribution is 0.0219. The van der Waals surface area contributed by atoms with E-state index in [1.54, 1.807) is 0 Å². The fraction of sp³-hybridized carbons (Fsp3) is 1.00. The monoisotopic (exact) mass is 230 g/mol. The molecule has 4 heteroatoms. The Morgan fingerprint density at radius 2 is 1.47 bits per heavy atom. The Hall–Kier alpha value is 0.0969. The van der Waals surface area contributed by atoms with E-state index in [1.807, 2.05) is 0 Å². The lowest BCUT2D eigenvalue weighted by Gasteiger charge is -2.37. The number of ether oxygens (including phenoxy) is 1. The van der Waals surface area contributed by atoms with E-state index in [0.717, 1.165) is 26.4 Å². The number of hydrogen-bond acceptors (Lipinski definition) is 3. The molecule has 1 aliphatic carbocycles. The minimum atomic E-state index is -1.90. The van der Waals surface area contributed by atoms with E-state index in [2.05, 4.69) is 6.55 Å². The van der Waals surface area contributed by atoms with E-state index < -0.39 is 8.56 Å². The minimum absolute atomic E-state index is 0.712. The predicted molar refractivity (Wildman–Crippen MR) is 61.2 cm³/mol. The third kappa shape index (κ3) is 3.03. The predicted octanol–water partition coefficient (Wildman–Crippen LogP) is 2.46. The molecule has 0 spiro atoms. The van der Waals surface area contributed by atoms with Gasteiger partial charge in [0.1, 0.15) is 0 Å². The largest absolute Gasteiger partial charge is 0.392 e. The van der Waals surface area contributed by atoms with Gasteiger partial charge in [0.15, 0.2) is 0 Å². The molecule has 3 nitrogen and oxygen atoms in total. The van der Waals surface area contributed by atoms with Crippen molar-refractivity contribution in [2.75, 3.05) is 26.4 Å². The highest BCUT2D eigenvalue weighted by Gasteiger charge is 2.41. The third-order valence-corrected chi connectivity index (χ3v) is 7.19. The summed E-state index contributed by atoms with van der Waals surface area (Å²) in [6.07, 6.45) is 6.73. The van der Waals surface area contributed by atoms with E-state index in [0.29, 0.717) is 5.54 Å². The maximum Gasteiger partial charge on any atom is 0.338 e. The van der Waals surface area contributed by atoms with Gasteiger partial charge in [-0.1, -0.05) is 19.3 Å². The summed E-state index contributed by atoms with van der Waals surface area (Å²) in [5.74, 6) is 0. The summed E-state index contributed by atoms with van der Waals surface area (Å²) in [6, 6.07) is 0.